The lowest BCUT2D eigenvalue weighted by atomic mass is 10.00. The number of fused-ring (bicyclic) bond motifs is 1. The molecule has 3 heterocycles. The van der Waals surface area contributed by atoms with Crippen molar-refractivity contribution in [3.8, 4) is 5.75 Å². The number of carbonyl (C=O) groups is 1. The molecule has 0 bridgehead atoms. The molecule has 0 atom stereocenters. The van der Waals surface area contributed by atoms with Crippen molar-refractivity contribution in [3.05, 3.63) is 51.9 Å². The Kier molecular flexibility index (Phi) is 6.50. The van der Waals surface area contributed by atoms with Gasteiger partial charge in [0.1, 0.15) is 11.3 Å². The largest absolute Gasteiger partial charge is 0.494 e. The van der Waals surface area contributed by atoms with E-state index in [9.17, 15) is 9.59 Å². The Morgan fingerprint density at radius 1 is 1.26 bits per heavy atom. The van der Waals surface area contributed by atoms with Gasteiger partial charge in [0, 0.05) is 25.8 Å². The third-order valence-corrected chi connectivity index (χ3v) is 6.49. The Balaban J connectivity index is 1.40. The first kappa shape index (κ1) is 21.3. The van der Waals surface area contributed by atoms with Crippen LogP contribution in [-0.4, -0.2) is 46.7 Å². The van der Waals surface area contributed by atoms with Gasteiger partial charge in [0.15, 0.2) is 0 Å². The molecule has 0 aliphatic carbocycles. The van der Waals surface area contributed by atoms with Gasteiger partial charge in [0.05, 0.1) is 6.61 Å². The number of ether oxygens (including phenoxy) is 1. The van der Waals surface area contributed by atoms with E-state index >= 15 is 0 Å². The van der Waals surface area contributed by atoms with Crippen molar-refractivity contribution in [2.24, 2.45) is 5.92 Å². The Labute approximate surface area is 184 Å². The summed E-state index contributed by atoms with van der Waals surface area (Å²) in [6.07, 6.45) is 4.23. The predicted molar refractivity (Wildman–Crippen MR) is 121 cm³/mol. The van der Waals surface area contributed by atoms with Crippen molar-refractivity contribution in [2.75, 3.05) is 31.1 Å². The molecule has 3 aromatic rings. The lowest BCUT2D eigenvalue weighted by Crippen LogP contribution is -2.34. The molecule has 1 fully saturated rings. The topological polar surface area (TPSA) is 88.8 Å². The molecule has 31 heavy (non-hydrogen) atoms. The number of hydrogen-bond acceptors (Lipinski definition) is 7. The van der Waals surface area contributed by atoms with E-state index in [1.165, 1.54) is 22.0 Å². The van der Waals surface area contributed by atoms with Gasteiger partial charge >= 0.3 is 0 Å². The molecule has 4 rings (SSSR count). The van der Waals surface area contributed by atoms with Crippen LogP contribution in [0.25, 0.3) is 4.96 Å². The minimum atomic E-state index is -0.434. The molecule has 0 saturated carbocycles. The van der Waals surface area contributed by atoms with Crippen LogP contribution >= 0.6 is 11.3 Å². The zero-order valence-electron chi connectivity index (χ0n) is 17.8. The van der Waals surface area contributed by atoms with Gasteiger partial charge in [-0.1, -0.05) is 30.4 Å². The monoisotopic (exact) mass is 441 g/mol. The molecule has 8 nitrogen and oxygen atoms in total. The zero-order valence-corrected chi connectivity index (χ0v) is 18.7. The van der Waals surface area contributed by atoms with E-state index in [1.54, 1.807) is 0 Å². The highest BCUT2D eigenvalue weighted by atomic mass is 32.1. The molecule has 1 saturated heterocycles. The van der Waals surface area contributed by atoms with Crippen molar-refractivity contribution in [1.82, 2.24) is 19.9 Å². The van der Waals surface area contributed by atoms with Crippen molar-refractivity contribution >= 4 is 27.3 Å². The van der Waals surface area contributed by atoms with Crippen LogP contribution in [0.5, 0.6) is 5.75 Å². The highest BCUT2D eigenvalue weighted by Crippen LogP contribution is 2.26. The molecule has 0 unspecified atom stereocenters. The molecular weight excluding hydrogens is 414 g/mol. The average molecular weight is 442 g/mol. The Bertz CT molecular complexity index is 1100. The fourth-order valence-electron chi connectivity index (χ4n) is 3.59. The molecule has 1 N–H and O–H groups in total. The van der Waals surface area contributed by atoms with Gasteiger partial charge in [0.25, 0.3) is 11.5 Å². The number of rotatable bonds is 7. The predicted octanol–water partition coefficient (Wildman–Crippen LogP) is 2.76. The summed E-state index contributed by atoms with van der Waals surface area (Å²) < 4.78 is 6.68. The zero-order chi connectivity index (χ0) is 21.8. The van der Waals surface area contributed by atoms with E-state index in [0.29, 0.717) is 30.5 Å². The van der Waals surface area contributed by atoms with Gasteiger partial charge in [-0.15, -0.1) is 5.10 Å². The van der Waals surface area contributed by atoms with Crippen LogP contribution in [0.4, 0.5) is 5.13 Å². The fourth-order valence-corrected chi connectivity index (χ4v) is 4.51. The quantitative estimate of drug-likeness (QED) is 0.607. The molecule has 1 aliphatic rings. The van der Waals surface area contributed by atoms with Crippen LogP contribution in [-0.2, 0) is 6.42 Å². The molecule has 0 spiro atoms. The standard InChI is InChI=1S/C22H27N5O3S/c1-3-30-17-6-4-16(5-7-17)8-11-23-19(28)18-14-24-21-27(20(18)29)25-22(31-21)26-12-9-15(2)10-13-26/h4-7,14-15H,3,8-13H2,1-2H3,(H,23,28). The summed E-state index contributed by atoms with van der Waals surface area (Å²) in [5.74, 6) is 1.10. The summed E-state index contributed by atoms with van der Waals surface area (Å²) >= 11 is 1.38. The third kappa shape index (κ3) is 4.87. The maximum absolute atomic E-state index is 12.8. The number of amides is 1. The van der Waals surface area contributed by atoms with Gasteiger partial charge in [-0.2, -0.15) is 4.52 Å². The number of aromatic nitrogens is 3. The Hall–Kier alpha value is -2.94. The number of carbonyl (C=O) groups excluding carboxylic acids is 1. The summed E-state index contributed by atoms with van der Waals surface area (Å²) in [5.41, 5.74) is 0.652. The van der Waals surface area contributed by atoms with Crippen LogP contribution in [0.15, 0.2) is 35.3 Å². The maximum atomic E-state index is 12.8. The highest BCUT2D eigenvalue weighted by molar-refractivity contribution is 7.20. The first-order valence-electron chi connectivity index (χ1n) is 10.7. The molecule has 1 aromatic carbocycles. The molecule has 1 amide bonds. The second-order valence-electron chi connectivity index (χ2n) is 7.81. The first-order chi connectivity index (χ1) is 15.0. The summed E-state index contributed by atoms with van der Waals surface area (Å²) in [4.78, 5) is 32.4. The molecule has 2 aromatic heterocycles. The van der Waals surface area contributed by atoms with E-state index < -0.39 is 11.5 Å². The molecule has 164 valence electrons. The normalized spacial score (nSPS) is 14.7. The number of nitrogens with one attached hydrogen (secondary N) is 1. The fraction of sp³-hybridized carbons (Fsp3) is 0.455. The molecule has 9 heteroatoms. The van der Waals surface area contributed by atoms with Gasteiger partial charge in [-0.05, 0) is 49.8 Å². The van der Waals surface area contributed by atoms with Crippen LogP contribution in [0.3, 0.4) is 0 Å². The second kappa shape index (κ2) is 9.47. The van der Waals surface area contributed by atoms with E-state index in [1.807, 2.05) is 31.2 Å². The number of nitrogens with zero attached hydrogens (tertiary/aromatic N) is 4. The minimum absolute atomic E-state index is 0.00769. The van der Waals surface area contributed by atoms with Crippen LogP contribution in [0, 0.1) is 5.92 Å². The lowest BCUT2D eigenvalue weighted by Gasteiger charge is -2.29. The van der Waals surface area contributed by atoms with Crippen molar-refractivity contribution in [1.29, 1.82) is 0 Å². The third-order valence-electron chi connectivity index (χ3n) is 5.51. The smallest absolute Gasteiger partial charge is 0.288 e. The minimum Gasteiger partial charge on any atom is -0.494 e. The summed E-state index contributed by atoms with van der Waals surface area (Å²) in [7, 11) is 0. The number of hydrogen-bond donors (Lipinski definition) is 1. The lowest BCUT2D eigenvalue weighted by molar-refractivity contribution is 0.0952. The Morgan fingerprint density at radius 3 is 2.71 bits per heavy atom. The van der Waals surface area contributed by atoms with Gasteiger partial charge in [-0.25, -0.2) is 4.98 Å². The summed E-state index contributed by atoms with van der Waals surface area (Å²) in [6, 6.07) is 7.76. The van der Waals surface area contributed by atoms with E-state index in [2.05, 4.69) is 27.2 Å². The highest BCUT2D eigenvalue weighted by Gasteiger charge is 2.21. The number of piperidine rings is 1. The van der Waals surface area contributed by atoms with Gasteiger partial charge < -0.3 is 15.0 Å². The van der Waals surface area contributed by atoms with E-state index in [-0.39, 0.29) is 5.56 Å². The van der Waals surface area contributed by atoms with Crippen molar-refractivity contribution < 1.29 is 9.53 Å². The van der Waals surface area contributed by atoms with Crippen LogP contribution in [0.1, 0.15) is 42.6 Å². The first-order valence-corrected chi connectivity index (χ1v) is 11.5. The van der Waals surface area contributed by atoms with E-state index in [0.717, 1.165) is 42.4 Å². The maximum Gasteiger partial charge on any atom is 0.288 e. The molecule has 0 radical (unpaired) electrons. The average Bonchev–Trinajstić information content (AvgIpc) is 3.21. The van der Waals surface area contributed by atoms with Gasteiger partial charge in [0.2, 0.25) is 10.1 Å². The van der Waals surface area contributed by atoms with E-state index in [4.69, 9.17) is 4.74 Å². The second-order valence-corrected chi connectivity index (χ2v) is 8.74. The van der Waals surface area contributed by atoms with Crippen molar-refractivity contribution in [3.63, 3.8) is 0 Å². The molecule has 1 aliphatic heterocycles. The Morgan fingerprint density at radius 2 is 2.00 bits per heavy atom. The van der Waals surface area contributed by atoms with Gasteiger partial charge in [-0.3, -0.25) is 9.59 Å². The summed E-state index contributed by atoms with van der Waals surface area (Å²) in [6.45, 7) is 7.09. The van der Waals surface area contributed by atoms with Crippen LogP contribution < -0.4 is 20.5 Å². The number of benzene rings is 1. The van der Waals surface area contributed by atoms with Crippen LogP contribution in [0.2, 0.25) is 0 Å². The number of anilines is 1. The van der Waals surface area contributed by atoms with Crippen molar-refractivity contribution in [2.45, 2.75) is 33.1 Å². The summed E-state index contributed by atoms with van der Waals surface area (Å²) in [5, 5.41) is 8.04. The SMILES string of the molecule is CCOc1ccc(CCNC(=O)c2cnc3sc(N4CCC(C)CC4)nn3c2=O)cc1. The molecular formula is C22H27N5O3S.